The topological polar surface area (TPSA) is 38.4 Å². The molecule has 4 heteroatoms. The van der Waals surface area contributed by atoms with Crippen molar-refractivity contribution in [1.29, 1.82) is 0 Å². The van der Waals surface area contributed by atoms with Crippen molar-refractivity contribution in [2.75, 3.05) is 0 Å². The molecule has 25 heavy (non-hydrogen) atoms. The third kappa shape index (κ3) is 3.69. The van der Waals surface area contributed by atoms with Gasteiger partial charge in [0.25, 0.3) is 0 Å². The summed E-state index contributed by atoms with van der Waals surface area (Å²) in [5.41, 5.74) is 7.56. The van der Waals surface area contributed by atoms with Gasteiger partial charge in [-0.15, -0.1) is 5.43 Å². The minimum Gasteiger partial charge on any atom is -1.00 e. The van der Waals surface area contributed by atoms with Gasteiger partial charge in [-0.25, -0.2) is 0 Å². The summed E-state index contributed by atoms with van der Waals surface area (Å²) in [7, 11) is 0. The molecule has 1 aliphatic rings. The molecule has 1 aliphatic heterocycles. The number of rotatable bonds is 3. The van der Waals surface area contributed by atoms with E-state index >= 15 is 0 Å². The van der Waals surface area contributed by atoms with Gasteiger partial charge in [-0.2, -0.15) is 0 Å². The molecule has 3 aromatic rings. The second-order valence-electron chi connectivity index (χ2n) is 5.70. The Morgan fingerprint density at radius 2 is 1.20 bits per heavy atom. The van der Waals surface area contributed by atoms with Gasteiger partial charge in [0.2, 0.25) is 0 Å². The molecule has 0 spiro atoms. The van der Waals surface area contributed by atoms with E-state index in [9.17, 15) is 0 Å². The minimum atomic E-state index is 0. The SMILES string of the molecule is [Br-].c1ccc(C2=NNC(c3ccccc3)=[NH+]C2c2ccccc2)cc1. The monoisotopic (exact) mass is 391 g/mol. The molecule has 3 nitrogen and oxygen atoms in total. The predicted molar refractivity (Wildman–Crippen MR) is 96.8 cm³/mol. The van der Waals surface area contributed by atoms with Gasteiger partial charge in [-0.3, -0.25) is 4.99 Å². The summed E-state index contributed by atoms with van der Waals surface area (Å²) < 4.78 is 0. The van der Waals surface area contributed by atoms with E-state index in [-0.39, 0.29) is 23.0 Å². The quantitative estimate of drug-likeness (QED) is 0.606. The number of amidine groups is 1. The fraction of sp³-hybridized carbons (Fsp3) is 0.0476. The second-order valence-corrected chi connectivity index (χ2v) is 5.70. The largest absolute Gasteiger partial charge is 1.00 e. The Balaban J connectivity index is 0.00000182. The molecule has 0 saturated carbocycles. The summed E-state index contributed by atoms with van der Waals surface area (Å²) in [6.45, 7) is 0. The van der Waals surface area contributed by atoms with Crippen molar-refractivity contribution in [2.24, 2.45) is 5.10 Å². The van der Waals surface area contributed by atoms with Crippen LogP contribution in [0.4, 0.5) is 0 Å². The molecule has 1 unspecified atom stereocenters. The van der Waals surface area contributed by atoms with Gasteiger partial charge in [0.05, 0.1) is 5.56 Å². The maximum absolute atomic E-state index is 4.68. The number of hydrogen-bond donors (Lipinski definition) is 2. The maximum Gasteiger partial charge on any atom is 0.300 e. The van der Waals surface area contributed by atoms with Crippen molar-refractivity contribution in [3.05, 3.63) is 108 Å². The third-order valence-electron chi connectivity index (χ3n) is 4.12. The van der Waals surface area contributed by atoms with Crippen LogP contribution in [0.25, 0.3) is 0 Å². The van der Waals surface area contributed by atoms with Crippen LogP contribution >= 0.6 is 0 Å². The van der Waals surface area contributed by atoms with Gasteiger partial charge >= 0.3 is 5.84 Å². The highest BCUT2D eigenvalue weighted by molar-refractivity contribution is 6.07. The van der Waals surface area contributed by atoms with Gasteiger partial charge in [0, 0.05) is 11.1 Å². The molecule has 2 N–H and O–H groups in total. The molecule has 1 atom stereocenters. The molecule has 3 aromatic carbocycles. The van der Waals surface area contributed by atoms with E-state index in [0.29, 0.717) is 0 Å². The third-order valence-corrected chi connectivity index (χ3v) is 4.12. The van der Waals surface area contributed by atoms with E-state index < -0.39 is 0 Å². The summed E-state index contributed by atoms with van der Waals surface area (Å²) in [6.07, 6.45) is 0. The van der Waals surface area contributed by atoms with Gasteiger partial charge in [0.1, 0.15) is 5.71 Å². The first-order valence-corrected chi connectivity index (χ1v) is 8.05. The zero-order chi connectivity index (χ0) is 16.2. The highest BCUT2D eigenvalue weighted by Crippen LogP contribution is 2.17. The molecule has 0 bridgehead atoms. The number of halogens is 1. The molecule has 4 rings (SSSR count). The van der Waals surface area contributed by atoms with E-state index in [4.69, 9.17) is 0 Å². The second kappa shape index (κ2) is 7.90. The minimum absolute atomic E-state index is 0. The normalized spacial score (nSPS) is 16.1. The Hall–Kier alpha value is -2.72. The molecule has 0 radical (unpaired) electrons. The van der Waals surface area contributed by atoms with Crippen molar-refractivity contribution < 1.29 is 22.0 Å². The molecule has 1 heterocycles. The molecule has 0 saturated heterocycles. The molecule has 0 fully saturated rings. The lowest BCUT2D eigenvalue weighted by molar-refractivity contribution is -0.491. The van der Waals surface area contributed by atoms with E-state index in [1.165, 1.54) is 5.56 Å². The van der Waals surface area contributed by atoms with Crippen LogP contribution in [0.5, 0.6) is 0 Å². The van der Waals surface area contributed by atoms with E-state index in [2.05, 4.69) is 64.1 Å². The van der Waals surface area contributed by atoms with Crippen molar-refractivity contribution in [1.82, 2.24) is 5.43 Å². The lowest BCUT2D eigenvalue weighted by Crippen LogP contribution is -3.00. The van der Waals surface area contributed by atoms with E-state index in [0.717, 1.165) is 22.7 Å². The van der Waals surface area contributed by atoms with Crippen molar-refractivity contribution >= 4 is 11.5 Å². The van der Waals surface area contributed by atoms with Crippen LogP contribution in [0.15, 0.2) is 96.1 Å². The van der Waals surface area contributed by atoms with Gasteiger partial charge < -0.3 is 17.0 Å². The maximum atomic E-state index is 4.68. The summed E-state index contributed by atoms with van der Waals surface area (Å²) in [4.78, 5) is 3.61. The van der Waals surface area contributed by atoms with Crippen LogP contribution in [-0.4, -0.2) is 11.5 Å². The van der Waals surface area contributed by atoms with Crippen LogP contribution < -0.4 is 27.4 Å². The fourth-order valence-electron chi connectivity index (χ4n) is 2.91. The van der Waals surface area contributed by atoms with Crippen molar-refractivity contribution in [3.8, 4) is 0 Å². The van der Waals surface area contributed by atoms with Crippen LogP contribution in [0, 0.1) is 0 Å². The number of benzene rings is 3. The van der Waals surface area contributed by atoms with Crippen molar-refractivity contribution in [2.45, 2.75) is 6.04 Å². The summed E-state index contributed by atoms with van der Waals surface area (Å²) in [5.74, 6) is 0.920. The van der Waals surface area contributed by atoms with Crippen LogP contribution in [0.1, 0.15) is 22.7 Å². The van der Waals surface area contributed by atoms with E-state index in [1.54, 1.807) is 0 Å². The Kier molecular flexibility index (Phi) is 5.41. The first kappa shape index (κ1) is 17.1. The Bertz CT molecular complexity index is 875. The number of nitrogens with one attached hydrogen (secondary N) is 2. The fourth-order valence-corrected chi connectivity index (χ4v) is 2.91. The Labute approximate surface area is 157 Å². The van der Waals surface area contributed by atoms with Crippen molar-refractivity contribution in [3.63, 3.8) is 0 Å². The first-order valence-electron chi connectivity index (χ1n) is 8.05. The average Bonchev–Trinajstić information content (AvgIpc) is 2.69. The number of hydrazone groups is 1. The molecule has 0 aliphatic carbocycles. The molecule has 0 amide bonds. The zero-order valence-corrected chi connectivity index (χ0v) is 15.1. The zero-order valence-electron chi connectivity index (χ0n) is 13.6. The summed E-state index contributed by atoms with van der Waals surface area (Å²) in [5, 5.41) is 4.68. The lowest BCUT2D eigenvalue weighted by Gasteiger charge is -2.18. The summed E-state index contributed by atoms with van der Waals surface area (Å²) in [6, 6.07) is 30.9. The van der Waals surface area contributed by atoms with Gasteiger partial charge in [0.15, 0.2) is 6.04 Å². The number of hydrogen-bond acceptors (Lipinski definition) is 2. The molecule has 124 valence electrons. The van der Waals surface area contributed by atoms with Crippen LogP contribution in [0.2, 0.25) is 0 Å². The average molecular weight is 392 g/mol. The molecule has 0 aromatic heterocycles. The molecular weight excluding hydrogens is 374 g/mol. The highest BCUT2D eigenvalue weighted by Gasteiger charge is 2.28. The van der Waals surface area contributed by atoms with Gasteiger partial charge in [-0.1, -0.05) is 84.0 Å². The summed E-state index contributed by atoms with van der Waals surface area (Å²) >= 11 is 0. The molecular formula is C21H18BrN3. The standard InChI is InChI=1S/C21H17N3.BrH/c1-4-10-16(11-5-1)19-20(17-12-6-2-7-13-17)23-24-21(22-19)18-14-8-3-9-15-18;/h1-15,19H,(H,22,24);1H. The Morgan fingerprint density at radius 3 is 1.80 bits per heavy atom. The predicted octanol–water partition coefficient (Wildman–Crippen LogP) is -0.733. The van der Waals surface area contributed by atoms with Crippen LogP contribution in [0.3, 0.4) is 0 Å². The van der Waals surface area contributed by atoms with Crippen LogP contribution in [-0.2, 0) is 0 Å². The van der Waals surface area contributed by atoms with Gasteiger partial charge in [-0.05, 0) is 12.1 Å². The number of nitrogens with zero attached hydrogens (tertiary/aromatic N) is 1. The highest BCUT2D eigenvalue weighted by atomic mass is 79.9. The Morgan fingerprint density at radius 1 is 0.680 bits per heavy atom. The first-order chi connectivity index (χ1) is 11.9. The van der Waals surface area contributed by atoms with E-state index in [1.807, 2.05) is 42.5 Å². The smallest absolute Gasteiger partial charge is 0.300 e. The lowest BCUT2D eigenvalue weighted by atomic mass is 9.96.